The third-order valence-corrected chi connectivity index (χ3v) is 10.7. The van der Waals surface area contributed by atoms with Crippen molar-refractivity contribution >= 4 is 58.2 Å². The lowest BCUT2D eigenvalue weighted by molar-refractivity contribution is -0.137. The van der Waals surface area contributed by atoms with E-state index < -0.39 is 11.9 Å². The molecule has 8 rings (SSSR count). The summed E-state index contributed by atoms with van der Waals surface area (Å²) < 4.78 is 0. The number of nitrogens with zero attached hydrogens (tertiary/aromatic N) is 5. The van der Waals surface area contributed by atoms with E-state index in [9.17, 15) is 24.0 Å². The molecule has 3 unspecified atom stereocenters. The van der Waals surface area contributed by atoms with Crippen LogP contribution in [0.2, 0.25) is 5.02 Å². The molecular weight excluding hydrogens is 686 g/mol. The zero-order valence-corrected chi connectivity index (χ0v) is 28.9. The molecule has 52 heavy (non-hydrogen) atoms. The number of imide groups is 1. The normalized spacial score (nSPS) is 21.2. The number of H-pyrrole nitrogens is 1. The molecular formula is C37H36ClN9O5. The molecule has 14 nitrogen and oxygen atoms in total. The maximum atomic E-state index is 13.2. The molecule has 15 heteroatoms. The lowest BCUT2D eigenvalue weighted by atomic mass is 10.0. The van der Waals surface area contributed by atoms with Crippen LogP contribution in [0.3, 0.4) is 0 Å². The van der Waals surface area contributed by atoms with E-state index in [4.69, 9.17) is 11.6 Å². The molecule has 4 aliphatic heterocycles. The molecule has 3 saturated heterocycles. The van der Waals surface area contributed by atoms with Gasteiger partial charge >= 0.3 is 0 Å². The van der Waals surface area contributed by atoms with Gasteiger partial charge in [-0.2, -0.15) is 5.10 Å². The highest BCUT2D eigenvalue weighted by molar-refractivity contribution is 6.34. The van der Waals surface area contributed by atoms with Crippen molar-refractivity contribution in [3.05, 3.63) is 88.7 Å². The Morgan fingerprint density at radius 2 is 1.73 bits per heavy atom. The molecule has 5 amide bonds. The van der Waals surface area contributed by atoms with Crippen molar-refractivity contribution in [1.82, 2.24) is 30.3 Å². The van der Waals surface area contributed by atoms with Crippen LogP contribution in [0.5, 0.6) is 0 Å². The Morgan fingerprint density at radius 3 is 2.48 bits per heavy atom. The third-order valence-electron chi connectivity index (χ3n) is 10.4. The molecule has 3 fully saturated rings. The molecule has 4 aromatic rings. The number of aromatic nitrogens is 3. The van der Waals surface area contributed by atoms with Crippen molar-refractivity contribution in [1.29, 1.82) is 0 Å². The Kier molecular flexibility index (Phi) is 8.93. The summed E-state index contributed by atoms with van der Waals surface area (Å²) in [5.74, 6) is -1.59. The number of piperazine rings is 1. The van der Waals surface area contributed by atoms with Crippen molar-refractivity contribution in [2.45, 2.75) is 56.8 Å². The van der Waals surface area contributed by atoms with E-state index >= 15 is 0 Å². The van der Waals surface area contributed by atoms with Crippen molar-refractivity contribution in [2.24, 2.45) is 0 Å². The Labute approximate surface area is 303 Å². The minimum Gasteiger partial charge on any atom is -0.368 e. The van der Waals surface area contributed by atoms with E-state index in [1.54, 1.807) is 48.7 Å². The summed E-state index contributed by atoms with van der Waals surface area (Å²) in [6.07, 6.45) is 4.43. The minimum atomic E-state index is -0.718. The predicted octanol–water partition coefficient (Wildman–Crippen LogP) is 3.82. The Balaban J connectivity index is 0.858. The lowest BCUT2D eigenvalue weighted by Gasteiger charge is -2.42. The highest BCUT2D eigenvalue weighted by Crippen LogP contribution is 2.36. The number of carbonyl (C=O) groups excluding carboxylic acids is 5. The van der Waals surface area contributed by atoms with E-state index in [0.717, 1.165) is 31.6 Å². The summed E-state index contributed by atoms with van der Waals surface area (Å²) in [7, 11) is 0. The van der Waals surface area contributed by atoms with Gasteiger partial charge in [0.25, 0.3) is 11.8 Å². The van der Waals surface area contributed by atoms with Gasteiger partial charge in [0.15, 0.2) is 0 Å². The average Bonchev–Trinajstić information content (AvgIpc) is 3.85. The molecule has 0 radical (unpaired) electrons. The van der Waals surface area contributed by atoms with Gasteiger partial charge in [0.2, 0.25) is 17.7 Å². The molecule has 2 bridgehead atoms. The average molecular weight is 722 g/mol. The van der Waals surface area contributed by atoms with Crippen molar-refractivity contribution in [3.8, 4) is 11.4 Å². The number of hydrogen-bond donors (Lipinski definition) is 4. The Bertz CT molecular complexity index is 2080. The van der Waals surface area contributed by atoms with Crippen LogP contribution < -0.4 is 20.9 Å². The van der Waals surface area contributed by atoms with E-state index in [0.29, 0.717) is 51.9 Å². The fraction of sp³-hybridized carbons (Fsp3) is 0.324. The number of benzene rings is 2. The van der Waals surface area contributed by atoms with Crippen LogP contribution in [0.4, 0.5) is 17.1 Å². The van der Waals surface area contributed by atoms with Crippen molar-refractivity contribution in [3.63, 3.8) is 0 Å². The first kappa shape index (κ1) is 33.5. The molecule has 4 aliphatic rings. The summed E-state index contributed by atoms with van der Waals surface area (Å²) in [6.45, 7) is 2.37. The second-order valence-corrected chi connectivity index (χ2v) is 14.0. The number of halogens is 1. The maximum absolute atomic E-state index is 13.2. The summed E-state index contributed by atoms with van der Waals surface area (Å²) in [4.78, 5) is 74.2. The number of anilines is 3. The second kappa shape index (κ2) is 13.8. The molecule has 6 heterocycles. The number of piperidine rings is 1. The molecule has 266 valence electrons. The SMILES string of the molecule is O=C1CCC(N2Cc3c(NC(=O)CCN4C5CCC4CN(c4ccc(NC(=O)c6cccc(-c7ccn[nH]7)n6)c(Cl)c4)C5)cccc3C2=O)C(=O)N1. The number of carbonyl (C=O) groups is 5. The van der Waals surface area contributed by atoms with Gasteiger partial charge in [-0.05, 0) is 67.8 Å². The highest BCUT2D eigenvalue weighted by atomic mass is 35.5. The summed E-state index contributed by atoms with van der Waals surface area (Å²) in [6, 6.07) is 17.7. The smallest absolute Gasteiger partial charge is 0.274 e. The van der Waals surface area contributed by atoms with Crippen LogP contribution in [0.15, 0.2) is 66.9 Å². The van der Waals surface area contributed by atoms with Gasteiger partial charge in [-0.3, -0.25) is 39.3 Å². The number of fused-ring (bicyclic) bond motifs is 3. The van der Waals surface area contributed by atoms with Crippen molar-refractivity contribution in [2.75, 3.05) is 35.2 Å². The van der Waals surface area contributed by atoms with Crippen molar-refractivity contribution < 1.29 is 24.0 Å². The van der Waals surface area contributed by atoms with Gasteiger partial charge in [0.05, 0.1) is 22.1 Å². The first-order chi connectivity index (χ1) is 25.2. The van der Waals surface area contributed by atoms with Gasteiger partial charge in [-0.25, -0.2) is 4.98 Å². The predicted molar refractivity (Wildman–Crippen MR) is 193 cm³/mol. The second-order valence-electron chi connectivity index (χ2n) is 13.6. The topological polar surface area (TPSA) is 173 Å². The summed E-state index contributed by atoms with van der Waals surface area (Å²) in [5.41, 5.74) is 4.74. The van der Waals surface area contributed by atoms with Crippen LogP contribution in [0.1, 0.15) is 58.5 Å². The molecule has 0 aliphatic carbocycles. The summed E-state index contributed by atoms with van der Waals surface area (Å²) in [5, 5.41) is 15.4. The van der Waals surface area contributed by atoms with Crippen LogP contribution in [0.25, 0.3) is 11.4 Å². The molecule has 0 spiro atoms. The number of pyridine rings is 1. The van der Waals surface area contributed by atoms with Gasteiger partial charge < -0.3 is 20.4 Å². The Hall–Kier alpha value is -5.60. The van der Waals surface area contributed by atoms with E-state index in [-0.39, 0.29) is 60.8 Å². The molecule has 4 N–H and O–H groups in total. The van der Waals surface area contributed by atoms with Gasteiger partial charge in [-0.1, -0.05) is 23.7 Å². The molecule has 0 saturated carbocycles. The molecule has 3 atom stereocenters. The number of hydrogen-bond acceptors (Lipinski definition) is 9. The standard InChI is InChI=1S/C37H36ClN9O5/c38-26-17-21(9-10-28(26)42-35(50)31-6-2-5-29(40-31)30-13-15-39-44-30)45-18-22-7-8-23(19-45)46(22)16-14-34(49)41-27-4-1-3-24-25(27)20-47(37(24)52)32-11-12-33(48)43-36(32)51/h1-6,9-10,13,15,17,22-23,32H,7-8,11-12,14,16,18-20H2,(H,39,44)(H,41,49)(H,42,50)(H,43,48,51). The van der Waals surface area contributed by atoms with E-state index in [1.807, 2.05) is 18.2 Å². The van der Waals surface area contributed by atoms with E-state index in [1.165, 1.54) is 4.90 Å². The zero-order valence-electron chi connectivity index (χ0n) is 28.1. The van der Waals surface area contributed by atoms with Crippen LogP contribution in [0, 0.1) is 0 Å². The van der Waals surface area contributed by atoms with Gasteiger partial charge in [-0.15, -0.1) is 0 Å². The highest BCUT2D eigenvalue weighted by Gasteiger charge is 2.41. The molecule has 2 aromatic carbocycles. The minimum absolute atomic E-state index is 0.144. The summed E-state index contributed by atoms with van der Waals surface area (Å²) >= 11 is 6.68. The maximum Gasteiger partial charge on any atom is 0.274 e. The fourth-order valence-electron chi connectivity index (χ4n) is 7.81. The first-order valence-electron chi connectivity index (χ1n) is 17.4. The van der Waals surface area contributed by atoms with Gasteiger partial charge in [0, 0.05) is 79.8 Å². The number of rotatable bonds is 9. The van der Waals surface area contributed by atoms with Gasteiger partial charge in [0.1, 0.15) is 11.7 Å². The quantitative estimate of drug-likeness (QED) is 0.188. The van der Waals surface area contributed by atoms with Crippen LogP contribution in [-0.4, -0.2) is 92.3 Å². The van der Waals surface area contributed by atoms with Crippen LogP contribution in [-0.2, 0) is 20.9 Å². The fourth-order valence-corrected chi connectivity index (χ4v) is 8.03. The number of aromatic amines is 1. The van der Waals surface area contributed by atoms with E-state index in [2.05, 4.69) is 40.9 Å². The molecule has 2 aromatic heterocycles. The number of nitrogens with one attached hydrogen (secondary N) is 4. The third kappa shape index (κ3) is 6.50. The number of amides is 5. The lowest BCUT2D eigenvalue weighted by Crippen LogP contribution is -2.54. The Morgan fingerprint density at radius 1 is 0.923 bits per heavy atom. The zero-order chi connectivity index (χ0) is 35.9. The largest absolute Gasteiger partial charge is 0.368 e. The first-order valence-corrected chi connectivity index (χ1v) is 17.7. The van der Waals surface area contributed by atoms with Crippen LogP contribution >= 0.6 is 11.6 Å². The monoisotopic (exact) mass is 721 g/mol.